The average Bonchev–Trinajstić information content (AvgIpc) is 2.85. The van der Waals surface area contributed by atoms with E-state index in [1.54, 1.807) is 12.1 Å². The van der Waals surface area contributed by atoms with Gasteiger partial charge in [0.1, 0.15) is 23.2 Å². The Hall–Kier alpha value is -4.10. The number of aliphatic carboxylic acids is 2. The quantitative estimate of drug-likeness (QED) is 0.322. The molecule has 3 rings (SSSR count). The van der Waals surface area contributed by atoms with Gasteiger partial charge in [-0.05, 0) is 47.6 Å². The molecule has 2 unspecified atom stereocenters. The molecule has 1 heterocycles. The summed E-state index contributed by atoms with van der Waals surface area (Å²) < 4.78 is 52.0. The molecule has 2 atom stereocenters. The third kappa shape index (κ3) is 8.21. The first kappa shape index (κ1) is 33.1. The average molecular weight is 584 g/mol. The summed E-state index contributed by atoms with van der Waals surface area (Å²) in [5.74, 6) is -6.39. The maximum Gasteiger partial charge on any atom is 0.453 e. The van der Waals surface area contributed by atoms with Crippen molar-refractivity contribution in [1.82, 2.24) is 0 Å². The highest BCUT2D eigenvalue weighted by Gasteiger charge is 2.41. The van der Waals surface area contributed by atoms with Crippen molar-refractivity contribution < 1.29 is 57.4 Å². The second-order valence-electron chi connectivity index (χ2n) is 10.5. The number of hydrogen-bond donors (Lipinski definition) is 4. The molecule has 4 N–H and O–H groups in total. The van der Waals surface area contributed by atoms with Gasteiger partial charge in [0.2, 0.25) is 11.2 Å². The normalized spacial score (nSPS) is 13.3. The molecule has 0 saturated carbocycles. The summed E-state index contributed by atoms with van der Waals surface area (Å²) in [7, 11) is 0. The Bertz CT molecular complexity index is 1430. The zero-order valence-electron chi connectivity index (χ0n) is 22.8. The van der Waals surface area contributed by atoms with Crippen molar-refractivity contribution in [3.05, 3.63) is 63.5 Å². The zero-order chi connectivity index (χ0) is 31.4. The highest BCUT2D eigenvalue weighted by atomic mass is 19.4. The molecule has 10 nitrogen and oxygen atoms in total. The molecule has 0 radical (unpaired) electrons. The van der Waals surface area contributed by atoms with E-state index in [9.17, 15) is 37.8 Å². The topological polar surface area (TPSA) is 178 Å². The number of aliphatic hydroxyl groups is 2. The van der Waals surface area contributed by atoms with Crippen molar-refractivity contribution >= 4 is 22.9 Å². The third-order valence-corrected chi connectivity index (χ3v) is 5.70. The van der Waals surface area contributed by atoms with E-state index < -0.39 is 47.3 Å². The van der Waals surface area contributed by atoms with Crippen LogP contribution in [-0.2, 0) is 27.6 Å². The number of halogens is 3. The maximum atomic E-state index is 13.8. The SMILES string of the molecule is CC(C)Cc1c(O)ccc2c(=O)c(Oc3ccc(C(C)(C)C)cc3)c(C(F)(F)F)oc12.O=C([O-])C(O)C(O)C(=O)O. The van der Waals surface area contributed by atoms with E-state index in [-0.39, 0.29) is 45.8 Å². The van der Waals surface area contributed by atoms with Crippen LogP contribution < -0.4 is 15.3 Å². The van der Waals surface area contributed by atoms with Crippen LogP contribution >= 0.6 is 0 Å². The number of aliphatic hydroxyl groups excluding tert-OH is 2. The summed E-state index contributed by atoms with van der Waals surface area (Å²) in [5, 5.41) is 44.2. The van der Waals surface area contributed by atoms with Crippen LogP contribution in [0, 0.1) is 5.92 Å². The second kappa shape index (κ2) is 12.6. The lowest BCUT2D eigenvalue weighted by molar-refractivity contribution is -0.318. The lowest BCUT2D eigenvalue weighted by Gasteiger charge is -2.19. The summed E-state index contributed by atoms with van der Waals surface area (Å²) in [6.45, 7) is 9.71. The molecule has 3 aromatic rings. The van der Waals surface area contributed by atoms with Crippen LogP contribution in [-0.4, -0.2) is 44.6 Å². The molecule has 2 aromatic carbocycles. The minimum atomic E-state index is -4.96. The van der Waals surface area contributed by atoms with E-state index in [1.807, 2.05) is 34.6 Å². The number of phenolic OH excluding ortho intramolecular Hbond substituents is 1. The Kier molecular flexibility index (Phi) is 10.2. The van der Waals surface area contributed by atoms with E-state index in [1.165, 1.54) is 24.3 Å². The van der Waals surface area contributed by atoms with Gasteiger partial charge in [0.05, 0.1) is 11.4 Å². The highest BCUT2D eigenvalue weighted by Crippen LogP contribution is 2.40. The number of phenols is 1. The fourth-order valence-corrected chi connectivity index (χ4v) is 3.58. The van der Waals surface area contributed by atoms with Crippen molar-refractivity contribution in [3.63, 3.8) is 0 Å². The van der Waals surface area contributed by atoms with Crippen LogP contribution in [0.3, 0.4) is 0 Å². The summed E-state index contributed by atoms with van der Waals surface area (Å²) in [6, 6.07) is 9.05. The summed E-state index contributed by atoms with van der Waals surface area (Å²) >= 11 is 0. The number of ether oxygens (including phenoxy) is 1. The van der Waals surface area contributed by atoms with E-state index in [4.69, 9.17) is 24.5 Å². The van der Waals surface area contributed by atoms with Crippen LogP contribution in [0.2, 0.25) is 0 Å². The number of hydrogen-bond acceptors (Lipinski definition) is 9. The lowest BCUT2D eigenvalue weighted by Crippen LogP contribution is -2.46. The predicted octanol–water partition coefficient (Wildman–Crippen LogP) is 3.35. The molecule has 0 amide bonds. The largest absolute Gasteiger partial charge is 0.547 e. The molecule has 0 spiro atoms. The molecule has 0 aliphatic rings. The molecule has 0 saturated heterocycles. The van der Waals surface area contributed by atoms with Crippen LogP contribution in [0.1, 0.15) is 51.5 Å². The number of carbonyl (C=O) groups excluding carboxylic acids is 1. The molecule has 13 heteroatoms. The van der Waals surface area contributed by atoms with E-state index in [0.717, 1.165) is 5.56 Å². The fourth-order valence-electron chi connectivity index (χ4n) is 3.58. The number of carbonyl (C=O) groups is 2. The first-order valence-corrected chi connectivity index (χ1v) is 12.2. The first-order valence-electron chi connectivity index (χ1n) is 12.2. The van der Waals surface area contributed by atoms with Gasteiger partial charge in [-0.1, -0.05) is 46.8 Å². The van der Waals surface area contributed by atoms with Gasteiger partial charge >= 0.3 is 12.1 Å². The monoisotopic (exact) mass is 583 g/mol. The standard InChI is InChI=1S/C24H25F3O4.C4H6O6/c1-13(2)12-17-18(28)11-10-16-19(29)21(22(24(25,26)27)31-20(16)17)30-15-8-6-14(7-9-15)23(3,4)5;5-1(3(7)8)2(6)4(9)10/h6-11,13,28H,12H2,1-5H3;1-2,5-6H,(H,7,8)(H,9,10)/p-1. The number of rotatable bonds is 7. The van der Waals surface area contributed by atoms with Crippen molar-refractivity contribution in [2.24, 2.45) is 5.92 Å². The Morgan fingerprint density at radius 3 is 1.98 bits per heavy atom. The smallest absolute Gasteiger partial charge is 0.453 e. The first-order chi connectivity index (χ1) is 18.7. The van der Waals surface area contributed by atoms with Crippen LogP contribution in [0.15, 0.2) is 45.6 Å². The number of carboxylic acid groups (broad SMARTS) is 2. The third-order valence-electron chi connectivity index (χ3n) is 5.70. The Labute approximate surface area is 232 Å². The second-order valence-corrected chi connectivity index (χ2v) is 10.5. The van der Waals surface area contributed by atoms with Crippen molar-refractivity contribution in [1.29, 1.82) is 0 Å². The Morgan fingerprint density at radius 1 is 1.00 bits per heavy atom. The molecule has 41 heavy (non-hydrogen) atoms. The Balaban J connectivity index is 0.000000503. The number of carboxylic acids is 2. The minimum absolute atomic E-state index is 0.0217. The van der Waals surface area contributed by atoms with Gasteiger partial charge in [-0.2, -0.15) is 13.2 Å². The molecule has 1 aromatic heterocycles. The van der Waals surface area contributed by atoms with E-state index in [0.29, 0.717) is 0 Å². The van der Waals surface area contributed by atoms with Gasteiger partial charge in [-0.3, -0.25) is 4.79 Å². The van der Waals surface area contributed by atoms with Gasteiger partial charge in [0.15, 0.2) is 6.10 Å². The molecule has 0 fully saturated rings. The molecule has 0 aliphatic carbocycles. The van der Waals surface area contributed by atoms with Gasteiger partial charge in [-0.15, -0.1) is 0 Å². The molecule has 0 bridgehead atoms. The highest BCUT2D eigenvalue weighted by molar-refractivity contribution is 5.84. The zero-order valence-corrected chi connectivity index (χ0v) is 22.8. The van der Waals surface area contributed by atoms with E-state index in [2.05, 4.69) is 0 Å². The summed E-state index contributed by atoms with van der Waals surface area (Å²) in [5.41, 5.74) is -0.238. The van der Waals surface area contributed by atoms with Crippen LogP contribution in [0.25, 0.3) is 11.0 Å². The van der Waals surface area contributed by atoms with Crippen molar-refractivity contribution in [3.8, 4) is 17.2 Å². The van der Waals surface area contributed by atoms with Gasteiger partial charge in [0.25, 0.3) is 5.76 Å². The Morgan fingerprint density at radius 2 is 1.56 bits per heavy atom. The molecular formula is C28H30F3O10-. The maximum absolute atomic E-state index is 13.8. The van der Waals surface area contributed by atoms with Gasteiger partial charge in [-0.25, -0.2) is 4.79 Å². The van der Waals surface area contributed by atoms with Crippen LogP contribution in [0.4, 0.5) is 13.2 Å². The molecule has 224 valence electrons. The number of fused-ring (bicyclic) bond motifs is 1. The van der Waals surface area contributed by atoms with Crippen molar-refractivity contribution in [2.45, 2.75) is 64.8 Å². The number of aromatic hydroxyl groups is 1. The minimum Gasteiger partial charge on any atom is -0.547 e. The summed E-state index contributed by atoms with van der Waals surface area (Å²) in [6.07, 6.45) is -9.42. The lowest BCUT2D eigenvalue weighted by atomic mass is 9.87. The fraction of sp³-hybridized carbons (Fsp3) is 0.393. The van der Waals surface area contributed by atoms with Crippen molar-refractivity contribution in [2.75, 3.05) is 0 Å². The van der Waals surface area contributed by atoms with Crippen LogP contribution in [0.5, 0.6) is 17.2 Å². The molecule has 0 aliphatic heterocycles. The van der Waals surface area contributed by atoms with Gasteiger partial charge in [0, 0.05) is 5.56 Å². The van der Waals surface area contributed by atoms with E-state index >= 15 is 0 Å². The summed E-state index contributed by atoms with van der Waals surface area (Å²) in [4.78, 5) is 32.4. The number of benzene rings is 2. The predicted molar refractivity (Wildman–Crippen MR) is 138 cm³/mol. The molecular weight excluding hydrogens is 553 g/mol. The number of alkyl halides is 3. The van der Waals surface area contributed by atoms with Gasteiger partial charge < -0.3 is 39.5 Å².